The van der Waals surface area contributed by atoms with Gasteiger partial charge in [-0.25, -0.2) is 0 Å². The Bertz CT molecular complexity index is 998. The van der Waals surface area contributed by atoms with Crippen molar-refractivity contribution in [1.29, 1.82) is 0 Å². The van der Waals surface area contributed by atoms with Crippen molar-refractivity contribution in [3.63, 3.8) is 0 Å². The maximum Gasteiger partial charge on any atom is 0.0912 e. The molecule has 46 heavy (non-hydrogen) atoms. The van der Waals surface area contributed by atoms with E-state index in [-0.39, 0.29) is 12.3 Å². The molecule has 6 heteroatoms. The van der Waals surface area contributed by atoms with E-state index in [0.29, 0.717) is 10.8 Å². The minimum Gasteiger partial charge on any atom is -0.550 e. The molecule has 264 valence electrons. The fourth-order valence-corrected chi connectivity index (χ4v) is 13.3. The zero-order valence-corrected chi connectivity index (χ0v) is 31.6. The van der Waals surface area contributed by atoms with E-state index in [4.69, 9.17) is 0 Å². The number of carboxylic acids is 2. The Morgan fingerprint density at radius 2 is 0.848 bits per heavy atom. The van der Waals surface area contributed by atoms with Crippen molar-refractivity contribution in [2.45, 2.75) is 130 Å². The highest BCUT2D eigenvalue weighted by molar-refractivity contribution is 5.74. The third-order valence-electron chi connectivity index (χ3n) is 16.0. The fourth-order valence-electron chi connectivity index (χ4n) is 13.3. The summed E-state index contributed by atoms with van der Waals surface area (Å²) in [5, 5.41) is 21.5. The smallest absolute Gasteiger partial charge is 0.0912 e. The molecule has 0 aromatic heterocycles. The number of carbonyl (C=O) groups excluding carboxylic acids is 2. The molecule has 8 bridgehead atoms. The summed E-state index contributed by atoms with van der Waals surface area (Å²) in [6.07, 6.45) is 18.9. The van der Waals surface area contributed by atoms with Gasteiger partial charge in [-0.15, -0.1) is 0 Å². The second kappa shape index (κ2) is 12.3. The zero-order chi connectivity index (χ0) is 34.2. The minimum atomic E-state index is -1.16. The Kier molecular flexibility index (Phi) is 9.68. The third kappa shape index (κ3) is 6.83. The number of hydrogen-bond acceptors (Lipinski definition) is 4. The molecule has 0 amide bonds. The molecule has 9 aliphatic carbocycles. The molecular weight excluding hydrogens is 572 g/mol. The second-order valence-corrected chi connectivity index (χ2v) is 20.8. The van der Waals surface area contributed by atoms with E-state index in [1.165, 1.54) is 0 Å². The predicted molar refractivity (Wildman–Crippen MR) is 181 cm³/mol. The van der Waals surface area contributed by atoms with Crippen LogP contribution in [0, 0.1) is 69.5 Å². The molecule has 5 unspecified atom stereocenters. The summed E-state index contributed by atoms with van der Waals surface area (Å²) in [5.41, 5.74) is 0.892. The summed E-state index contributed by atoms with van der Waals surface area (Å²) in [7, 11) is 14.4. The average molecular weight is 643 g/mol. The minimum absolute atomic E-state index is 0.124. The molecule has 6 nitrogen and oxygen atoms in total. The van der Waals surface area contributed by atoms with E-state index in [1.54, 1.807) is 97.8 Å². The predicted octanol–water partition coefficient (Wildman–Crippen LogP) is 5.38. The lowest BCUT2D eigenvalue weighted by atomic mass is 9.47. The van der Waals surface area contributed by atoms with Crippen LogP contribution in [0.3, 0.4) is 0 Å². The molecule has 9 fully saturated rings. The van der Waals surface area contributed by atoms with Crippen LogP contribution in [0.4, 0.5) is 0 Å². The van der Waals surface area contributed by atoms with E-state index in [0.717, 1.165) is 56.6 Å². The lowest BCUT2D eigenvalue weighted by Crippen LogP contribution is -2.59. The maximum absolute atomic E-state index is 10.8. The van der Waals surface area contributed by atoms with Crippen molar-refractivity contribution in [3.05, 3.63) is 0 Å². The van der Waals surface area contributed by atoms with Crippen LogP contribution in [0.15, 0.2) is 0 Å². The van der Waals surface area contributed by atoms with Crippen LogP contribution in [0.5, 0.6) is 0 Å². The Balaban J connectivity index is 0.000000136. The van der Waals surface area contributed by atoms with Crippen molar-refractivity contribution < 1.29 is 28.8 Å². The summed E-state index contributed by atoms with van der Waals surface area (Å²) in [4.78, 5) is 21.5. The van der Waals surface area contributed by atoms with E-state index in [1.807, 2.05) is 0 Å². The highest BCUT2D eigenvalue weighted by Gasteiger charge is 2.57. The number of aliphatic carboxylic acids is 2. The topological polar surface area (TPSA) is 80.3 Å². The first kappa shape index (κ1) is 36.1. The van der Waals surface area contributed by atoms with Crippen LogP contribution in [-0.4, -0.2) is 75.3 Å². The van der Waals surface area contributed by atoms with Crippen LogP contribution in [0.25, 0.3) is 0 Å². The highest BCUT2D eigenvalue weighted by Crippen LogP contribution is 2.63. The van der Waals surface area contributed by atoms with Gasteiger partial charge in [-0.1, -0.05) is 20.8 Å². The number of carboxylic acid groups (broad SMARTS) is 2. The van der Waals surface area contributed by atoms with Gasteiger partial charge in [0.2, 0.25) is 0 Å². The Hall–Kier alpha value is -1.14. The normalized spacial score (nSPS) is 44.5. The number of rotatable bonds is 6. The summed E-state index contributed by atoms with van der Waals surface area (Å²) in [6.45, 7) is 10.3. The average Bonchev–Trinajstić information content (AvgIpc) is 3.15. The van der Waals surface area contributed by atoms with Crippen LogP contribution in [-0.2, 0) is 9.59 Å². The molecule has 0 N–H and O–H groups in total. The Morgan fingerprint density at radius 3 is 1.02 bits per heavy atom. The van der Waals surface area contributed by atoms with E-state index < -0.39 is 29.2 Å². The molecule has 0 aliphatic heterocycles. The molecule has 0 saturated heterocycles. The fraction of sp³-hybridized carbons (Fsp3) is 0.950. The number of carbonyl (C=O) groups is 2. The van der Waals surface area contributed by atoms with Crippen LogP contribution in [0.1, 0.15) is 118 Å². The second-order valence-electron chi connectivity index (χ2n) is 20.8. The van der Waals surface area contributed by atoms with Crippen LogP contribution >= 0.6 is 0 Å². The monoisotopic (exact) mass is 643 g/mol. The number of nitrogens with zero attached hydrogens (tertiary/aromatic N) is 2. The SMILES string of the molecule is CC(C12CC3CC(CC(C3)C1)C2)[N+](C)(C)C.CC(C12CC3CC(CC(C3)C1)C2)[N+](C)(C)C.CC1C(C(=O)[O-])CC(C(=O)[O-])C1(C)C. The highest BCUT2D eigenvalue weighted by atomic mass is 16.4. The third-order valence-corrected chi connectivity index (χ3v) is 16.0. The first-order chi connectivity index (χ1) is 21.1. The van der Waals surface area contributed by atoms with Crippen molar-refractivity contribution >= 4 is 11.9 Å². The number of hydrogen-bond donors (Lipinski definition) is 0. The van der Waals surface area contributed by atoms with Gasteiger partial charge in [-0.2, -0.15) is 0 Å². The lowest BCUT2D eigenvalue weighted by Gasteiger charge is -2.60. The van der Waals surface area contributed by atoms with Crippen molar-refractivity contribution in [3.8, 4) is 0 Å². The number of quaternary nitrogens is 2. The molecule has 9 aliphatic rings. The zero-order valence-electron chi connectivity index (χ0n) is 31.6. The summed E-state index contributed by atoms with van der Waals surface area (Å²) < 4.78 is 2.32. The lowest BCUT2D eigenvalue weighted by molar-refractivity contribution is -0.903. The molecule has 0 heterocycles. The summed E-state index contributed by atoms with van der Waals surface area (Å²) >= 11 is 0. The van der Waals surface area contributed by atoms with Gasteiger partial charge in [-0.3, -0.25) is 0 Å². The van der Waals surface area contributed by atoms with Gasteiger partial charge in [0.05, 0.1) is 54.4 Å². The maximum atomic E-state index is 10.8. The first-order valence-corrected chi connectivity index (χ1v) is 19.1. The quantitative estimate of drug-likeness (QED) is 0.365. The van der Waals surface area contributed by atoms with Crippen molar-refractivity contribution in [2.24, 2.45) is 69.5 Å². The van der Waals surface area contributed by atoms with Crippen LogP contribution < -0.4 is 10.2 Å². The van der Waals surface area contributed by atoms with E-state index >= 15 is 0 Å². The molecule has 0 aromatic carbocycles. The van der Waals surface area contributed by atoms with Gasteiger partial charge in [0, 0.05) is 34.6 Å². The van der Waals surface area contributed by atoms with Gasteiger partial charge < -0.3 is 28.8 Å². The molecule has 0 radical (unpaired) electrons. The van der Waals surface area contributed by atoms with E-state index in [2.05, 4.69) is 56.1 Å². The van der Waals surface area contributed by atoms with Gasteiger partial charge >= 0.3 is 0 Å². The van der Waals surface area contributed by atoms with Crippen molar-refractivity contribution in [1.82, 2.24) is 0 Å². The first-order valence-electron chi connectivity index (χ1n) is 19.1. The van der Waals surface area contributed by atoms with Crippen molar-refractivity contribution in [2.75, 3.05) is 42.3 Å². The Morgan fingerprint density at radius 1 is 0.565 bits per heavy atom. The van der Waals surface area contributed by atoms with E-state index in [9.17, 15) is 19.8 Å². The Labute approximate surface area is 282 Å². The van der Waals surface area contributed by atoms with Gasteiger partial charge in [-0.05, 0) is 144 Å². The molecular formula is C40H70N2O4. The summed E-state index contributed by atoms with van der Waals surface area (Å²) in [5.74, 6) is 2.70. The van der Waals surface area contributed by atoms with Gasteiger partial charge in [0.15, 0.2) is 0 Å². The van der Waals surface area contributed by atoms with Gasteiger partial charge in [0.25, 0.3) is 0 Å². The van der Waals surface area contributed by atoms with Gasteiger partial charge in [0.1, 0.15) is 0 Å². The molecule has 5 atom stereocenters. The largest absolute Gasteiger partial charge is 0.550 e. The summed E-state index contributed by atoms with van der Waals surface area (Å²) in [6, 6.07) is 1.70. The van der Waals surface area contributed by atoms with Crippen LogP contribution in [0.2, 0.25) is 0 Å². The molecule has 0 aromatic rings. The standard InChI is InChI=1S/2C15H28N.C10H16O4/c2*1-11(16(2,3)4)15-8-12-5-13(9-15)7-14(6-12)10-15;1-5-6(8(11)12)4-7(9(13)14)10(5,2)3/h2*11-14H,5-10H2,1-4H3;5-7H,4H2,1-3H3,(H,11,12)(H,13,14)/q2*+1;/p-2. The molecule has 9 rings (SSSR count). The molecule has 0 spiro atoms. The molecule has 9 saturated carbocycles.